The molecule has 114 valence electrons. The second-order valence-electron chi connectivity index (χ2n) is 6.45. The Bertz CT molecular complexity index is 825. The summed E-state index contributed by atoms with van der Waals surface area (Å²) in [7, 11) is 0. The summed E-state index contributed by atoms with van der Waals surface area (Å²) in [6.45, 7) is 2.21. The van der Waals surface area contributed by atoms with Crippen molar-refractivity contribution in [3.63, 3.8) is 0 Å². The van der Waals surface area contributed by atoms with Crippen LogP contribution >= 0.6 is 0 Å². The van der Waals surface area contributed by atoms with Gasteiger partial charge in [0.05, 0.1) is 0 Å². The van der Waals surface area contributed by atoms with Crippen LogP contribution in [0.1, 0.15) is 34.7 Å². The molecule has 0 radical (unpaired) electrons. The molecule has 4 rings (SSSR count). The third-order valence-corrected chi connectivity index (χ3v) is 5.06. The van der Waals surface area contributed by atoms with Crippen LogP contribution in [0, 0.1) is 0 Å². The highest BCUT2D eigenvalue weighted by atomic mass is 14.2. The van der Waals surface area contributed by atoms with Gasteiger partial charge in [0.15, 0.2) is 0 Å². The molecule has 1 aliphatic carbocycles. The second kappa shape index (κ2) is 6.04. The zero-order valence-electron chi connectivity index (χ0n) is 13.7. The maximum absolute atomic E-state index is 2.31. The highest BCUT2D eigenvalue weighted by Crippen LogP contribution is 2.38. The predicted octanol–water partition coefficient (Wildman–Crippen LogP) is 5.61. The van der Waals surface area contributed by atoms with E-state index < -0.39 is 0 Å². The average molecular weight is 298 g/mol. The van der Waals surface area contributed by atoms with Crippen molar-refractivity contribution < 1.29 is 0 Å². The van der Waals surface area contributed by atoms with Gasteiger partial charge >= 0.3 is 0 Å². The summed E-state index contributed by atoms with van der Waals surface area (Å²) in [5.41, 5.74) is 10.3. The van der Waals surface area contributed by atoms with Crippen LogP contribution in [0.4, 0.5) is 0 Å². The van der Waals surface area contributed by atoms with E-state index in [1.165, 1.54) is 33.4 Å². The minimum absolute atomic E-state index is 1.09. The van der Waals surface area contributed by atoms with Gasteiger partial charge < -0.3 is 0 Å². The van der Waals surface area contributed by atoms with Crippen LogP contribution in [0.3, 0.4) is 0 Å². The first-order valence-electron chi connectivity index (χ1n) is 8.62. The molecule has 0 aromatic heterocycles. The van der Waals surface area contributed by atoms with E-state index in [4.69, 9.17) is 0 Å². The van der Waals surface area contributed by atoms with Gasteiger partial charge in [0, 0.05) is 0 Å². The molecule has 0 amide bonds. The number of aryl methyl sites for hydroxylation is 3. The van der Waals surface area contributed by atoms with E-state index >= 15 is 0 Å². The Labute approximate surface area is 138 Å². The molecule has 0 nitrogen and oxygen atoms in total. The van der Waals surface area contributed by atoms with Gasteiger partial charge in [-0.25, -0.2) is 0 Å². The van der Waals surface area contributed by atoms with Gasteiger partial charge in [0.2, 0.25) is 0 Å². The molecule has 0 heteroatoms. The van der Waals surface area contributed by atoms with E-state index in [9.17, 15) is 0 Å². The fourth-order valence-electron chi connectivity index (χ4n) is 3.68. The molecule has 0 saturated carbocycles. The fourth-order valence-corrected chi connectivity index (χ4v) is 3.68. The molecule has 0 atom stereocenters. The minimum atomic E-state index is 1.09. The van der Waals surface area contributed by atoms with Gasteiger partial charge in [-0.2, -0.15) is 0 Å². The average Bonchev–Trinajstić information content (AvgIpc) is 3.00. The number of rotatable bonds is 4. The van der Waals surface area contributed by atoms with Gasteiger partial charge in [-0.15, -0.1) is 0 Å². The van der Waals surface area contributed by atoms with Crippen molar-refractivity contribution in [3.05, 3.63) is 94.5 Å². The summed E-state index contributed by atoms with van der Waals surface area (Å²) in [6, 6.07) is 24.7. The van der Waals surface area contributed by atoms with E-state index in [0.29, 0.717) is 0 Å². The largest absolute Gasteiger partial charge is 0.0619 e. The maximum atomic E-state index is 2.31. The second-order valence-corrected chi connectivity index (χ2v) is 6.45. The Kier molecular flexibility index (Phi) is 3.75. The quantitative estimate of drug-likeness (QED) is 0.459. The zero-order valence-corrected chi connectivity index (χ0v) is 13.7. The Morgan fingerprint density at radius 2 is 1.43 bits per heavy atom. The Hall–Kier alpha value is -2.34. The van der Waals surface area contributed by atoms with Crippen LogP contribution in [-0.2, 0) is 25.7 Å². The number of hydrogen-bond donors (Lipinski definition) is 0. The van der Waals surface area contributed by atoms with Gasteiger partial charge in [-0.05, 0) is 64.6 Å². The molecule has 0 aliphatic heterocycles. The van der Waals surface area contributed by atoms with E-state index in [-0.39, 0.29) is 0 Å². The number of fused-ring (bicyclic) bond motifs is 3. The molecule has 23 heavy (non-hydrogen) atoms. The van der Waals surface area contributed by atoms with E-state index in [2.05, 4.69) is 73.7 Å². The fraction of sp³-hybridized carbons (Fsp3) is 0.217. The molecule has 3 aromatic carbocycles. The standard InChI is InChI=1S/C23H22/c1-2-17-10-12-18(13-11-17)14-15-19-7-5-9-22-21-8-4-3-6-20(21)16-23(19)22/h3-13H,2,14-16H2,1H3. The lowest BCUT2D eigenvalue weighted by Gasteiger charge is -2.09. The first kappa shape index (κ1) is 14.3. The van der Waals surface area contributed by atoms with Crippen molar-refractivity contribution in [2.75, 3.05) is 0 Å². The lowest BCUT2D eigenvalue weighted by Crippen LogP contribution is -1.96. The van der Waals surface area contributed by atoms with Crippen molar-refractivity contribution >= 4 is 0 Å². The SMILES string of the molecule is CCc1ccc(CCc2cccc3c2Cc2ccccc2-3)cc1. The number of hydrogen-bond acceptors (Lipinski definition) is 0. The Morgan fingerprint density at radius 1 is 0.696 bits per heavy atom. The van der Waals surface area contributed by atoms with E-state index in [1.54, 1.807) is 5.56 Å². The van der Waals surface area contributed by atoms with Crippen molar-refractivity contribution in [2.24, 2.45) is 0 Å². The molecule has 3 aromatic rings. The first-order valence-corrected chi connectivity index (χ1v) is 8.62. The summed E-state index contributed by atoms with van der Waals surface area (Å²) in [5.74, 6) is 0. The summed E-state index contributed by atoms with van der Waals surface area (Å²) < 4.78 is 0. The summed E-state index contributed by atoms with van der Waals surface area (Å²) in [6.07, 6.45) is 4.46. The van der Waals surface area contributed by atoms with Crippen LogP contribution in [0.5, 0.6) is 0 Å². The van der Waals surface area contributed by atoms with Crippen LogP contribution in [0.25, 0.3) is 11.1 Å². The molecular weight excluding hydrogens is 276 g/mol. The predicted molar refractivity (Wildman–Crippen MR) is 97.9 cm³/mol. The van der Waals surface area contributed by atoms with Crippen molar-refractivity contribution in [1.82, 2.24) is 0 Å². The summed E-state index contributed by atoms with van der Waals surface area (Å²) >= 11 is 0. The topological polar surface area (TPSA) is 0 Å². The van der Waals surface area contributed by atoms with Gasteiger partial charge in [-0.3, -0.25) is 0 Å². The molecule has 1 aliphatic rings. The van der Waals surface area contributed by atoms with Crippen LogP contribution in [-0.4, -0.2) is 0 Å². The van der Waals surface area contributed by atoms with Gasteiger partial charge in [0.25, 0.3) is 0 Å². The van der Waals surface area contributed by atoms with Crippen LogP contribution in [0.2, 0.25) is 0 Å². The summed E-state index contributed by atoms with van der Waals surface area (Å²) in [4.78, 5) is 0. The molecule has 0 unspecified atom stereocenters. The Morgan fingerprint density at radius 3 is 2.26 bits per heavy atom. The van der Waals surface area contributed by atoms with E-state index in [1.807, 2.05) is 0 Å². The minimum Gasteiger partial charge on any atom is -0.0619 e. The van der Waals surface area contributed by atoms with Crippen LogP contribution in [0.15, 0.2) is 66.7 Å². The highest BCUT2D eigenvalue weighted by molar-refractivity contribution is 5.77. The first-order chi connectivity index (χ1) is 11.3. The molecule has 0 spiro atoms. The van der Waals surface area contributed by atoms with Crippen LogP contribution < -0.4 is 0 Å². The van der Waals surface area contributed by atoms with Crippen molar-refractivity contribution in [3.8, 4) is 11.1 Å². The third-order valence-electron chi connectivity index (χ3n) is 5.06. The molecule has 0 saturated heterocycles. The third kappa shape index (κ3) is 2.70. The normalized spacial score (nSPS) is 12.0. The molecule has 0 N–H and O–H groups in total. The van der Waals surface area contributed by atoms with Gasteiger partial charge in [-0.1, -0.05) is 73.7 Å². The lowest BCUT2D eigenvalue weighted by atomic mass is 9.96. The molecule has 0 fully saturated rings. The van der Waals surface area contributed by atoms with Gasteiger partial charge in [0.1, 0.15) is 0 Å². The molecular formula is C23H22. The zero-order chi connectivity index (χ0) is 15.6. The van der Waals surface area contributed by atoms with E-state index in [0.717, 1.165) is 25.7 Å². The smallest absolute Gasteiger partial charge is 0.00107 e. The summed E-state index contributed by atoms with van der Waals surface area (Å²) in [5, 5.41) is 0. The Balaban J connectivity index is 1.57. The maximum Gasteiger partial charge on any atom is -0.00107 e. The van der Waals surface area contributed by atoms with Crippen molar-refractivity contribution in [2.45, 2.75) is 32.6 Å². The monoisotopic (exact) mass is 298 g/mol. The molecule has 0 heterocycles. The number of benzene rings is 3. The molecule has 0 bridgehead atoms. The highest BCUT2D eigenvalue weighted by Gasteiger charge is 2.19. The van der Waals surface area contributed by atoms with Crippen molar-refractivity contribution in [1.29, 1.82) is 0 Å². The lowest BCUT2D eigenvalue weighted by molar-refractivity contribution is 0.941.